The molecule has 3 aromatic heterocycles. The lowest BCUT2D eigenvalue weighted by molar-refractivity contribution is -0.115. The molecule has 0 aliphatic heterocycles. The second-order valence-electron chi connectivity index (χ2n) is 5.77. The van der Waals surface area contributed by atoms with Gasteiger partial charge in [0.15, 0.2) is 4.96 Å². The van der Waals surface area contributed by atoms with Gasteiger partial charge in [-0.25, -0.2) is 4.98 Å². The van der Waals surface area contributed by atoms with Crippen LogP contribution in [0.2, 0.25) is 0 Å². The van der Waals surface area contributed by atoms with Crippen LogP contribution in [0.4, 0.5) is 5.69 Å². The first-order valence-corrected chi connectivity index (χ1v) is 8.87. The van der Waals surface area contributed by atoms with Crippen LogP contribution < -0.4 is 10.6 Å². The Kier molecular flexibility index (Phi) is 4.68. The van der Waals surface area contributed by atoms with E-state index in [0.717, 1.165) is 34.3 Å². The molecule has 3 heterocycles. The van der Waals surface area contributed by atoms with Crippen molar-refractivity contribution >= 4 is 27.9 Å². The summed E-state index contributed by atoms with van der Waals surface area (Å²) in [7, 11) is 0. The first kappa shape index (κ1) is 16.7. The van der Waals surface area contributed by atoms with E-state index >= 15 is 0 Å². The summed E-state index contributed by atoms with van der Waals surface area (Å²) in [6.45, 7) is 8.92. The number of aromatic nitrogens is 4. The summed E-state index contributed by atoms with van der Waals surface area (Å²) in [6.07, 6.45) is 3.97. The van der Waals surface area contributed by atoms with Gasteiger partial charge >= 0.3 is 0 Å². The van der Waals surface area contributed by atoms with Crippen LogP contribution in [-0.2, 0) is 11.3 Å². The number of aryl methyl sites for hydroxylation is 2. The summed E-state index contributed by atoms with van der Waals surface area (Å²) in [5, 5.41) is 12.6. The number of nitrogens with one attached hydrogen (secondary N) is 2. The van der Waals surface area contributed by atoms with Crippen molar-refractivity contribution in [3.8, 4) is 0 Å². The van der Waals surface area contributed by atoms with Crippen molar-refractivity contribution in [2.24, 2.45) is 0 Å². The molecule has 1 atom stereocenters. The molecule has 0 fully saturated rings. The molecular weight excluding hydrogens is 324 g/mol. The lowest BCUT2D eigenvalue weighted by Crippen LogP contribution is -2.30. The van der Waals surface area contributed by atoms with E-state index < -0.39 is 0 Å². The van der Waals surface area contributed by atoms with Crippen LogP contribution in [-0.4, -0.2) is 31.6 Å². The van der Waals surface area contributed by atoms with Gasteiger partial charge in [-0.1, -0.05) is 0 Å². The maximum atomic E-state index is 12.2. The fraction of sp³-hybridized carbons (Fsp3) is 0.438. The van der Waals surface area contributed by atoms with Crippen LogP contribution in [0.25, 0.3) is 4.96 Å². The maximum absolute atomic E-state index is 12.2. The lowest BCUT2D eigenvalue weighted by atomic mass is 10.2. The topological polar surface area (TPSA) is 76.2 Å². The molecule has 7 nitrogen and oxygen atoms in total. The number of hydrogen-bond donors (Lipinski definition) is 2. The Hall–Kier alpha value is -2.19. The Bertz CT molecular complexity index is 833. The molecule has 0 unspecified atom stereocenters. The molecule has 0 spiro atoms. The Morgan fingerprint density at radius 2 is 2.21 bits per heavy atom. The second-order valence-corrected chi connectivity index (χ2v) is 6.64. The number of rotatable bonds is 6. The van der Waals surface area contributed by atoms with Gasteiger partial charge in [0.2, 0.25) is 5.91 Å². The highest BCUT2D eigenvalue weighted by molar-refractivity contribution is 7.15. The molecule has 8 heteroatoms. The van der Waals surface area contributed by atoms with Crippen molar-refractivity contribution in [3.05, 3.63) is 34.9 Å². The Balaban J connectivity index is 1.59. The maximum Gasteiger partial charge on any atom is 0.238 e. The van der Waals surface area contributed by atoms with E-state index in [1.807, 2.05) is 54.6 Å². The van der Waals surface area contributed by atoms with Gasteiger partial charge in [-0.05, 0) is 27.7 Å². The van der Waals surface area contributed by atoms with E-state index in [9.17, 15) is 4.79 Å². The minimum atomic E-state index is -0.0790. The molecule has 0 aromatic carbocycles. The van der Waals surface area contributed by atoms with Crippen molar-refractivity contribution in [1.29, 1.82) is 0 Å². The number of amides is 1. The number of carbonyl (C=O) groups excluding carboxylic acids is 1. The van der Waals surface area contributed by atoms with Crippen LogP contribution in [0.5, 0.6) is 0 Å². The van der Waals surface area contributed by atoms with E-state index in [4.69, 9.17) is 0 Å². The van der Waals surface area contributed by atoms with Gasteiger partial charge in [-0.2, -0.15) is 5.10 Å². The zero-order chi connectivity index (χ0) is 17.3. The highest BCUT2D eigenvalue weighted by Crippen LogP contribution is 2.19. The zero-order valence-corrected chi connectivity index (χ0v) is 15.1. The normalized spacial score (nSPS) is 12.7. The summed E-state index contributed by atoms with van der Waals surface area (Å²) in [5.41, 5.74) is 3.55. The third kappa shape index (κ3) is 3.20. The highest BCUT2D eigenvalue weighted by Gasteiger charge is 2.15. The van der Waals surface area contributed by atoms with Gasteiger partial charge in [0.1, 0.15) is 0 Å². The first-order chi connectivity index (χ1) is 11.5. The first-order valence-electron chi connectivity index (χ1n) is 7.99. The van der Waals surface area contributed by atoms with E-state index in [-0.39, 0.29) is 18.5 Å². The van der Waals surface area contributed by atoms with Gasteiger partial charge in [0, 0.05) is 30.4 Å². The van der Waals surface area contributed by atoms with Crippen molar-refractivity contribution in [2.45, 2.75) is 40.3 Å². The van der Waals surface area contributed by atoms with Crippen LogP contribution >= 0.6 is 11.3 Å². The summed E-state index contributed by atoms with van der Waals surface area (Å²) in [5.74, 6) is -0.0790. The molecule has 0 saturated heterocycles. The average molecular weight is 346 g/mol. The molecular formula is C16H22N6OS. The summed E-state index contributed by atoms with van der Waals surface area (Å²) in [4.78, 5) is 17.7. The number of imidazole rings is 1. The van der Waals surface area contributed by atoms with Crippen LogP contribution in [0, 0.1) is 13.8 Å². The quantitative estimate of drug-likeness (QED) is 0.719. The predicted octanol–water partition coefficient (Wildman–Crippen LogP) is 2.52. The molecule has 0 aliphatic rings. The van der Waals surface area contributed by atoms with E-state index in [0.29, 0.717) is 0 Å². The molecule has 0 radical (unpaired) electrons. The fourth-order valence-corrected chi connectivity index (χ4v) is 3.38. The van der Waals surface area contributed by atoms with Gasteiger partial charge in [-0.3, -0.25) is 13.9 Å². The lowest BCUT2D eigenvalue weighted by Gasteiger charge is -2.11. The number of anilines is 1. The SMILES string of the molecule is CCn1nc(C)c(NC(=O)CN[C@@H](C)c2cn3ccsc3n2)c1C. The molecule has 3 rings (SSSR count). The molecule has 1 amide bonds. The summed E-state index contributed by atoms with van der Waals surface area (Å²) >= 11 is 1.59. The smallest absolute Gasteiger partial charge is 0.238 e. The van der Waals surface area contributed by atoms with Crippen molar-refractivity contribution in [2.75, 3.05) is 11.9 Å². The van der Waals surface area contributed by atoms with Gasteiger partial charge in [0.05, 0.1) is 29.3 Å². The third-order valence-corrected chi connectivity index (χ3v) is 4.84. The highest BCUT2D eigenvalue weighted by atomic mass is 32.1. The number of hydrogen-bond acceptors (Lipinski definition) is 5. The standard InChI is InChI=1S/C16H22N6OS/c1-5-22-12(4)15(11(3)20-22)19-14(23)8-17-10(2)13-9-21-6-7-24-16(21)18-13/h6-7,9-10,17H,5,8H2,1-4H3,(H,19,23)/t10-/m0/s1. The molecule has 24 heavy (non-hydrogen) atoms. The largest absolute Gasteiger partial charge is 0.322 e. The molecule has 3 aromatic rings. The van der Waals surface area contributed by atoms with Crippen LogP contribution in [0.3, 0.4) is 0 Å². The average Bonchev–Trinajstić information content (AvgIpc) is 3.21. The Morgan fingerprint density at radius 3 is 2.88 bits per heavy atom. The molecule has 2 N–H and O–H groups in total. The van der Waals surface area contributed by atoms with Crippen molar-refractivity contribution in [3.63, 3.8) is 0 Å². The second kappa shape index (κ2) is 6.74. The van der Waals surface area contributed by atoms with Crippen molar-refractivity contribution in [1.82, 2.24) is 24.5 Å². The van der Waals surface area contributed by atoms with Crippen molar-refractivity contribution < 1.29 is 4.79 Å². The monoisotopic (exact) mass is 346 g/mol. The van der Waals surface area contributed by atoms with Gasteiger partial charge in [-0.15, -0.1) is 11.3 Å². The molecule has 128 valence electrons. The number of carbonyl (C=O) groups is 1. The minimum Gasteiger partial charge on any atom is -0.322 e. The number of thiazole rings is 1. The summed E-state index contributed by atoms with van der Waals surface area (Å²) in [6, 6.07) is 0.00316. The number of fused-ring (bicyclic) bond motifs is 1. The van der Waals surface area contributed by atoms with Crippen LogP contribution in [0.1, 0.15) is 37.0 Å². The predicted molar refractivity (Wildman–Crippen MR) is 95.5 cm³/mol. The van der Waals surface area contributed by atoms with Gasteiger partial charge in [0.25, 0.3) is 0 Å². The Labute approximate surface area is 144 Å². The fourth-order valence-electron chi connectivity index (χ4n) is 2.67. The van der Waals surface area contributed by atoms with E-state index in [1.165, 1.54) is 0 Å². The van der Waals surface area contributed by atoms with Crippen LogP contribution in [0.15, 0.2) is 17.8 Å². The summed E-state index contributed by atoms with van der Waals surface area (Å²) < 4.78 is 3.88. The number of nitrogens with zero attached hydrogens (tertiary/aromatic N) is 4. The van der Waals surface area contributed by atoms with E-state index in [1.54, 1.807) is 11.3 Å². The molecule has 0 bridgehead atoms. The third-order valence-electron chi connectivity index (χ3n) is 4.07. The van der Waals surface area contributed by atoms with Gasteiger partial charge < -0.3 is 10.6 Å². The Morgan fingerprint density at radius 1 is 1.42 bits per heavy atom. The molecule has 0 saturated carbocycles. The zero-order valence-electron chi connectivity index (χ0n) is 14.3. The molecule has 0 aliphatic carbocycles. The minimum absolute atomic E-state index is 0.00316. The van der Waals surface area contributed by atoms with E-state index in [2.05, 4.69) is 20.7 Å².